The first-order valence-corrected chi connectivity index (χ1v) is 7.95. The van der Waals surface area contributed by atoms with Crippen LogP contribution in [0.3, 0.4) is 0 Å². The Hall–Kier alpha value is -0.930. The summed E-state index contributed by atoms with van der Waals surface area (Å²) in [5.74, 6) is 2.27. The number of nitrogens with one attached hydrogen (secondary N) is 1. The van der Waals surface area contributed by atoms with Gasteiger partial charge < -0.3 is 5.32 Å². The van der Waals surface area contributed by atoms with Crippen LogP contribution in [0.2, 0.25) is 0 Å². The van der Waals surface area contributed by atoms with Gasteiger partial charge in [0, 0.05) is 21.7 Å². The normalized spacial score (nSPS) is 18.2. The second-order valence-corrected chi connectivity index (χ2v) is 6.36. The van der Waals surface area contributed by atoms with E-state index in [1.165, 1.54) is 16.8 Å². The second-order valence-electron chi connectivity index (χ2n) is 4.42. The van der Waals surface area contributed by atoms with Gasteiger partial charge in [0.2, 0.25) is 0 Å². The zero-order chi connectivity index (χ0) is 12.4. The molecule has 1 aliphatic rings. The Labute approximate surface area is 120 Å². The fraction of sp³-hybridized carbons (Fsp3) is 0.200. The smallest absolute Gasteiger partial charge is 0.0607 e. The second kappa shape index (κ2) is 5.37. The van der Waals surface area contributed by atoms with Crippen LogP contribution in [-0.2, 0) is 5.75 Å². The Balaban J connectivity index is 1.84. The average Bonchev–Trinajstić information content (AvgIpc) is 2.42. The molecule has 1 aliphatic heterocycles. The maximum Gasteiger partial charge on any atom is 0.0607 e. The maximum atomic E-state index is 3.62. The largest absolute Gasteiger partial charge is 0.377 e. The number of fused-ring (bicyclic) bond motifs is 1. The molecule has 0 saturated carbocycles. The van der Waals surface area contributed by atoms with Gasteiger partial charge in [0.15, 0.2) is 0 Å². The fourth-order valence-corrected chi connectivity index (χ4v) is 3.61. The molecule has 3 rings (SSSR count). The number of hydrogen-bond acceptors (Lipinski definition) is 2. The van der Waals surface area contributed by atoms with Crippen molar-refractivity contribution < 1.29 is 0 Å². The predicted molar refractivity (Wildman–Crippen MR) is 83.1 cm³/mol. The molecule has 1 unspecified atom stereocenters. The fourth-order valence-electron chi connectivity index (χ4n) is 2.25. The lowest BCUT2D eigenvalue weighted by Crippen LogP contribution is -2.18. The summed E-state index contributed by atoms with van der Waals surface area (Å²) in [5, 5.41) is 3.62. The van der Waals surface area contributed by atoms with Crippen molar-refractivity contribution in [2.45, 2.75) is 11.8 Å². The Kier molecular flexibility index (Phi) is 3.62. The number of anilines is 1. The minimum absolute atomic E-state index is 0.418. The third-order valence-electron chi connectivity index (χ3n) is 3.16. The van der Waals surface area contributed by atoms with Crippen molar-refractivity contribution in [1.29, 1.82) is 0 Å². The molecule has 0 fully saturated rings. The van der Waals surface area contributed by atoms with Crippen LogP contribution in [0.1, 0.15) is 17.2 Å². The average molecular weight is 320 g/mol. The van der Waals surface area contributed by atoms with E-state index in [1.807, 2.05) is 11.8 Å². The van der Waals surface area contributed by atoms with Gasteiger partial charge in [-0.25, -0.2) is 0 Å². The SMILES string of the molecule is Brc1ccc(NC2CSCc3ccccc32)cc1. The maximum absolute atomic E-state index is 3.62. The lowest BCUT2D eigenvalue weighted by molar-refractivity contribution is 0.871. The van der Waals surface area contributed by atoms with Gasteiger partial charge >= 0.3 is 0 Å². The lowest BCUT2D eigenvalue weighted by Gasteiger charge is -2.26. The van der Waals surface area contributed by atoms with Crippen molar-refractivity contribution >= 4 is 33.4 Å². The summed E-state index contributed by atoms with van der Waals surface area (Å²) in [6, 6.07) is 17.5. The summed E-state index contributed by atoms with van der Waals surface area (Å²) >= 11 is 5.46. The highest BCUT2D eigenvalue weighted by Gasteiger charge is 2.19. The number of halogens is 1. The number of rotatable bonds is 2. The van der Waals surface area contributed by atoms with E-state index < -0.39 is 0 Å². The molecule has 1 N–H and O–H groups in total. The van der Waals surface area contributed by atoms with Crippen LogP contribution in [0.25, 0.3) is 0 Å². The Morgan fingerprint density at radius 3 is 2.67 bits per heavy atom. The minimum Gasteiger partial charge on any atom is -0.377 e. The first-order valence-electron chi connectivity index (χ1n) is 6.00. The summed E-state index contributed by atoms with van der Waals surface area (Å²) in [5.41, 5.74) is 4.09. The van der Waals surface area contributed by atoms with E-state index in [2.05, 4.69) is 69.8 Å². The van der Waals surface area contributed by atoms with Gasteiger partial charge in [-0.2, -0.15) is 11.8 Å². The molecule has 0 spiro atoms. The van der Waals surface area contributed by atoms with E-state index in [9.17, 15) is 0 Å². The van der Waals surface area contributed by atoms with E-state index in [4.69, 9.17) is 0 Å². The highest BCUT2D eigenvalue weighted by Crippen LogP contribution is 2.33. The van der Waals surface area contributed by atoms with E-state index in [0.29, 0.717) is 6.04 Å². The van der Waals surface area contributed by atoms with Crippen LogP contribution >= 0.6 is 27.7 Å². The molecule has 0 aliphatic carbocycles. The zero-order valence-corrected chi connectivity index (χ0v) is 12.3. The van der Waals surface area contributed by atoms with E-state index in [0.717, 1.165) is 16.0 Å². The molecule has 0 aromatic heterocycles. The van der Waals surface area contributed by atoms with Crippen LogP contribution < -0.4 is 5.32 Å². The molecule has 1 heterocycles. The van der Waals surface area contributed by atoms with Crippen LogP contribution in [0.5, 0.6) is 0 Å². The first-order chi connectivity index (χ1) is 8.83. The summed E-state index contributed by atoms with van der Waals surface area (Å²) < 4.78 is 1.12. The van der Waals surface area contributed by atoms with Gasteiger partial charge in [-0.3, -0.25) is 0 Å². The standard InChI is InChI=1S/C15H14BrNS/c16-12-5-7-13(8-6-12)17-15-10-18-9-11-3-1-2-4-14(11)15/h1-8,15,17H,9-10H2. The van der Waals surface area contributed by atoms with Crippen molar-refractivity contribution in [3.8, 4) is 0 Å². The number of hydrogen-bond donors (Lipinski definition) is 1. The molecule has 1 atom stereocenters. The highest BCUT2D eigenvalue weighted by atomic mass is 79.9. The molecule has 1 nitrogen and oxygen atoms in total. The molecule has 18 heavy (non-hydrogen) atoms. The molecule has 92 valence electrons. The van der Waals surface area contributed by atoms with Gasteiger partial charge in [0.25, 0.3) is 0 Å². The molecule has 0 radical (unpaired) electrons. The summed E-state index contributed by atoms with van der Waals surface area (Å²) in [6.45, 7) is 0. The van der Waals surface area contributed by atoms with Crippen LogP contribution in [0, 0.1) is 0 Å². The first kappa shape index (κ1) is 12.1. The molecular formula is C15H14BrNS. The third-order valence-corrected chi connectivity index (χ3v) is 4.77. The Bertz CT molecular complexity index is 538. The van der Waals surface area contributed by atoms with Crippen molar-refractivity contribution in [1.82, 2.24) is 0 Å². The summed E-state index contributed by atoms with van der Waals surface area (Å²) in [6.07, 6.45) is 0. The van der Waals surface area contributed by atoms with Crippen molar-refractivity contribution in [3.63, 3.8) is 0 Å². The molecule has 0 bridgehead atoms. The molecule has 2 aromatic carbocycles. The third kappa shape index (κ3) is 2.57. The lowest BCUT2D eigenvalue weighted by atomic mass is 10.0. The minimum atomic E-state index is 0.418. The van der Waals surface area contributed by atoms with Gasteiger partial charge in [-0.15, -0.1) is 0 Å². The van der Waals surface area contributed by atoms with Gasteiger partial charge in [0.05, 0.1) is 6.04 Å². The quantitative estimate of drug-likeness (QED) is 0.849. The number of thioether (sulfide) groups is 1. The van der Waals surface area contributed by atoms with E-state index >= 15 is 0 Å². The Morgan fingerprint density at radius 2 is 1.83 bits per heavy atom. The number of benzene rings is 2. The topological polar surface area (TPSA) is 12.0 Å². The summed E-state index contributed by atoms with van der Waals surface area (Å²) in [7, 11) is 0. The van der Waals surface area contributed by atoms with Crippen molar-refractivity contribution in [2.75, 3.05) is 11.1 Å². The molecular weight excluding hydrogens is 306 g/mol. The molecule has 2 aromatic rings. The van der Waals surface area contributed by atoms with Crippen LogP contribution in [0.4, 0.5) is 5.69 Å². The molecule has 3 heteroatoms. The van der Waals surface area contributed by atoms with E-state index in [-0.39, 0.29) is 0 Å². The zero-order valence-electron chi connectivity index (χ0n) is 9.90. The van der Waals surface area contributed by atoms with E-state index in [1.54, 1.807) is 0 Å². The highest BCUT2D eigenvalue weighted by molar-refractivity contribution is 9.10. The predicted octanol–water partition coefficient (Wildman–Crippen LogP) is 4.85. The van der Waals surface area contributed by atoms with Crippen LogP contribution in [-0.4, -0.2) is 5.75 Å². The monoisotopic (exact) mass is 319 g/mol. The molecule has 0 saturated heterocycles. The van der Waals surface area contributed by atoms with Crippen molar-refractivity contribution in [2.24, 2.45) is 0 Å². The van der Waals surface area contributed by atoms with Crippen molar-refractivity contribution in [3.05, 3.63) is 64.1 Å². The van der Waals surface area contributed by atoms with Gasteiger partial charge in [-0.1, -0.05) is 40.2 Å². The van der Waals surface area contributed by atoms with Gasteiger partial charge in [0.1, 0.15) is 0 Å². The van der Waals surface area contributed by atoms with Crippen LogP contribution in [0.15, 0.2) is 53.0 Å². The van der Waals surface area contributed by atoms with Gasteiger partial charge in [-0.05, 0) is 35.4 Å². The Morgan fingerprint density at radius 1 is 1.06 bits per heavy atom. The summed E-state index contributed by atoms with van der Waals surface area (Å²) in [4.78, 5) is 0. The molecule has 0 amide bonds.